The number of halogens is 3. The molecule has 0 aliphatic heterocycles. The Morgan fingerprint density at radius 3 is 1.91 bits per heavy atom. The van der Waals surface area contributed by atoms with Crippen molar-refractivity contribution in [1.82, 2.24) is 0 Å². The van der Waals surface area contributed by atoms with Gasteiger partial charge < -0.3 is 9.47 Å². The number of hydrogen-bond acceptors (Lipinski definition) is 2. The van der Waals surface area contributed by atoms with Gasteiger partial charge in [0.2, 0.25) is 5.83 Å². The molecule has 2 unspecified atom stereocenters. The summed E-state index contributed by atoms with van der Waals surface area (Å²) in [5, 5.41) is 0. The zero-order valence-corrected chi connectivity index (χ0v) is 21.4. The van der Waals surface area contributed by atoms with Crippen LogP contribution in [0.5, 0.6) is 0 Å². The Hall–Kier alpha value is -3.31. The zero-order chi connectivity index (χ0) is 27.7. The van der Waals surface area contributed by atoms with E-state index in [-0.39, 0.29) is 28.9 Å². The standard InChI is InChI=1S/C28H35F3O2.C2H4/c1-11-15-32-25(10)28(31)27(30)22(7)20(5)14-13-19(4)21(6)16-26(29)23(8)24(9)33-17-18(3)12-2;1-2/h11,13-14,16,18,24H,1,4-8,10,12,15,17H2,2-3,9H3;1-2H2/b14-13-,26-16+,28-27-;. The second-order valence-electron chi connectivity index (χ2n) is 7.54. The lowest BCUT2D eigenvalue weighted by Crippen LogP contribution is -2.16. The van der Waals surface area contributed by atoms with Gasteiger partial charge in [-0.3, -0.25) is 0 Å². The highest BCUT2D eigenvalue weighted by Gasteiger charge is 2.16. The Morgan fingerprint density at radius 1 is 0.857 bits per heavy atom. The fourth-order valence-electron chi connectivity index (χ4n) is 2.09. The van der Waals surface area contributed by atoms with Crippen LogP contribution >= 0.6 is 0 Å². The summed E-state index contributed by atoms with van der Waals surface area (Å²) in [6, 6.07) is 0. The Balaban J connectivity index is 0. The van der Waals surface area contributed by atoms with Gasteiger partial charge in [-0.05, 0) is 35.6 Å². The van der Waals surface area contributed by atoms with Crippen molar-refractivity contribution in [2.75, 3.05) is 13.2 Å². The summed E-state index contributed by atoms with van der Waals surface area (Å²) >= 11 is 0. The minimum absolute atomic E-state index is 0.0198. The van der Waals surface area contributed by atoms with Crippen LogP contribution in [0.2, 0.25) is 0 Å². The molecule has 0 aromatic rings. The van der Waals surface area contributed by atoms with Crippen molar-refractivity contribution < 1.29 is 22.6 Å². The van der Waals surface area contributed by atoms with Crippen molar-refractivity contribution in [3.05, 3.63) is 135 Å². The van der Waals surface area contributed by atoms with Crippen LogP contribution in [0.15, 0.2) is 135 Å². The van der Waals surface area contributed by atoms with Crippen LogP contribution in [0.25, 0.3) is 0 Å². The molecule has 0 fully saturated rings. The Labute approximate surface area is 209 Å². The molecule has 0 saturated carbocycles. The van der Waals surface area contributed by atoms with E-state index >= 15 is 0 Å². The van der Waals surface area contributed by atoms with Gasteiger partial charge in [0.1, 0.15) is 12.4 Å². The molecule has 2 nitrogen and oxygen atoms in total. The third-order valence-corrected chi connectivity index (χ3v) is 4.79. The third-order valence-electron chi connectivity index (χ3n) is 4.79. The smallest absolute Gasteiger partial charge is 0.200 e. The summed E-state index contributed by atoms with van der Waals surface area (Å²) in [6.45, 7) is 37.5. The van der Waals surface area contributed by atoms with Crippen LogP contribution < -0.4 is 0 Å². The van der Waals surface area contributed by atoms with Crippen LogP contribution in [0.3, 0.4) is 0 Å². The van der Waals surface area contributed by atoms with Crippen LogP contribution in [0.1, 0.15) is 27.2 Å². The molecule has 192 valence electrons. The van der Waals surface area contributed by atoms with Crippen molar-refractivity contribution in [1.29, 1.82) is 0 Å². The zero-order valence-electron chi connectivity index (χ0n) is 21.4. The first kappa shape index (κ1) is 33.9. The molecular formula is C30H39F3O2. The van der Waals surface area contributed by atoms with Gasteiger partial charge in [0.25, 0.3) is 0 Å². The molecule has 0 amide bonds. The molecule has 0 aromatic heterocycles. The largest absolute Gasteiger partial charge is 0.487 e. The van der Waals surface area contributed by atoms with Gasteiger partial charge in [-0.15, -0.1) is 13.2 Å². The van der Waals surface area contributed by atoms with Crippen molar-refractivity contribution in [3.8, 4) is 0 Å². The SMILES string of the molecule is C=C.C=CCOC(=C)/C(F)=C(/F)C(=C)C(=C)/C=C\C(=C)C(=C)/C=C(/F)C(=C)C(C)OCC(C)CC. The van der Waals surface area contributed by atoms with Gasteiger partial charge in [0.05, 0.1) is 6.10 Å². The van der Waals surface area contributed by atoms with E-state index in [1.165, 1.54) is 24.3 Å². The van der Waals surface area contributed by atoms with Gasteiger partial charge in [-0.1, -0.05) is 84.5 Å². The molecule has 0 spiro atoms. The van der Waals surface area contributed by atoms with Gasteiger partial charge in [-0.25, -0.2) is 8.78 Å². The molecule has 2 atom stereocenters. The van der Waals surface area contributed by atoms with Crippen LogP contribution in [0, 0.1) is 5.92 Å². The minimum Gasteiger partial charge on any atom is -0.487 e. The van der Waals surface area contributed by atoms with E-state index in [0.717, 1.165) is 6.42 Å². The fourth-order valence-corrected chi connectivity index (χ4v) is 2.09. The van der Waals surface area contributed by atoms with Gasteiger partial charge in [0.15, 0.2) is 11.6 Å². The predicted octanol–water partition coefficient (Wildman–Crippen LogP) is 9.30. The van der Waals surface area contributed by atoms with Crippen molar-refractivity contribution in [2.45, 2.75) is 33.3 Å². The predicted molar refractivity (Wildman–Crippen MR) is 145 cm³/mol. The summed E-state index contributed by atoms with van der Waals surface area (Å²) in [5.41, 5.74) is 0.576. The quantitative estimate of drug-likeness (QED) is 0.122. The summed E-state index contributed by atoms with van der Waals surface area (Å²) in [4.78, 5) is 0. The van der Waals surface area contributed by atoms with E-state index in [1.807, 2.05) is 6.92 Å². The lowest BCUT2D eigenvalue weighted by molar-refractivity contribution is 0.0642. The van der Waals surface area contributed by atoms with Gasteiger partial charge in [-0.2, -0.15) is 4.39 Å². The van der Waals surface area contributed by atoms with Crippen LogP contribution in [0.4, 0.5) is 13.2 Å². The Kier molecular flexibility index (Phi) is 17.5. The molecule has 5 heteroatoms. The normalized spacial score (nSPS) is 13.5. The minimum atomic E-state index is -1.28. The second-order valence-corrected chi connectivity index (χ2v) is 7.54. The maximum absolute atomic E-state index is 14.6. The lowest BCUT2D eigenvalue weighted by atomic mass is 10.0. The van der Waals surface area contributed by atoms with Gasteiger partial charge in [0, 0.05) is 17.8 Å². The topological polar surface area (TPSA) is 18.5 Å². The molecule has 0 aliphatic rings. The van der Waals surface area contributed by atoms with E-state index in [1.54, 1.807) is 6.92 Å². The monoisotopic (exact) mass is 488 g/mol. The summed E-state index contributed by atoms with van der Waals surface area (Å²) in [6.07, 6.45) is 5.84. The van der Waals surface area contributed by atoms with Crippen molar-refractivity contribution in [3.63, 3.8) is 0 Å². The molecule has 0 radical (unpaired) electrons. The fraction of sp³-hybridized carbons (Fsp3) is 0.267. The Morgan fingerprint density at radius 2 is 1.40 bits per heavy atom. The van der Waals surface area contributed by atoms with Crippen molar-refractivity contribution in [2.24, 2.45) is 5.92 Å². The van der Waals surface area contributed by atoms with E-state index in [2.05, 4.69) is 66.1 Å². The Bertz CT molecular complexity index is 916. The molecule has 35 heavy (non-hydrogen) atoms. The highest BCUT2D eigenvalue weighted by Crippen LogP contribution is 2.27. The maximum Gasteiger partial charge on any atom is 0.200 e. The highest BCUT2D eigenvalue weighted by atomic mass is 19.2. The first-order valence-corrected chi connectivity index (χ1v) is 11.0. The third kappa shape index (κ3) is 12.6. The molecule has 0 rings (SSSR count). The average molecular weight is 489 g/mol. The van der Waals surface area contributed by atoms with E-state index in [4.69, 9.17) is 9.47 Å². The molecule has 0 heterocycles. The van der Waals surface area contributed by atoms with Crippen LogP contribution in [-0.4, -0.2) is 19.3 Å². The molecule has 0 saturated heterocycles. The first-order chi connectivity index (χ1) is 16.4. The molecule has 0 N–H and O–H groups in total. The lowest BCUT2D eigenvalue weighted by Gasteiger charge is -2.17. The maximum atomic E-state index is 14.6. The first-order valence-electron chi connectivity index (χ1n) is 11.0. The number of rotatable bonds is 16. The number of ether oxygens (including phenoxy) is 2. The van der Waals surface area contributed by atoms with E-state index < -0.39 is 29.3 Å². The van der Waals surface area contributed by atoms with E-state index in [0.29, 0.717) is 18.1 Å². The second kappa shape index (κ2) is 18.1. The molecule has 0 aromatic carbocycles. The molecule has 0 aliphatic carbocycles. The number of allylic oxidation sites excluding steroid dienone is 9. The van der Waals surface area contributed by atoms with Crippen molar-refractivity contribution >= 4 is 0 Å². The van der Waals surface area contributed by atoms with E-state index in [9.17, 15) is 13.2 Å². The van der Waals surface area contributed by atoms with Gasteiger partial charge >= 0.3 is 0 Å². The molecule has 0 bridgehead atoms. The highest BCUT2D eigenvalue weighted by molar-refractivity contribution is 5.52. The summed E-state index contributed by atoms with van der Waals surface area (Å²) in [5.74, 6) is -3.24. The number of hydrogen-bond donors (Lipinski definition) is 0. The summed E-state index contributed by atoms with van der Waals surface area (Å²) in [7, 11) is 0. The average Bonchev–Trinajstić information content (AvgIpc) is 2.87. The van der Waals surface area contributed by atoms with Crippen LogP contribution in [-0.2, 0) is 9.47 Å². The summed E-state index contributed by atoms with van der Waals surface area (Å²) < 4.78 is 53.4. The molecular weight excluding hydrogens is 449 g/mol.